The number of likely N-dealkylation sites (tertiary alicyclic amines) is 3. The van der Waals surface area contributed by atoms with Gasteiger partial charge in [0, 0.05) is 38.1 Å². The van der Waals surface area contributed by atoms with E-state index in [9.17, 15) is 9.59 Å². The quantitative estimate of drug-likeness (QED) is 0.769. The van der Waals surface area contributed by atoms with Crippen molar-refractivity contribution < 1.29 is 9.59 Å². The molecule has 3 unspecified atom stereocenters. The minimum atomic E-state index is -0.0895. The van der Waals surface area contributed by atoms with E-state index in [1.54, 1.807) is 0 Å². The molecule has 4 rings (SSSR count). The van der Waals surface area contributed by atoms with Gasteiger partial charge in [-0.15, -0.1) is 0 Å². The largest absolute Gasteiger partial charge is 0.342 e. The van der Waals surface area contributed by atoms with Crippen molar-refractivity contribution >= 4 is 11.8 Å². The lowest BCUT2D eigenvalue weighted by Gasteiger charge is -2.35. The highest BCUT2D eigenvalue weighted by atomic mass is 16.2. The third-order valence-corrected chi connectivity index (χ3v) is 6.59. The van der Waals surface area contributed by atoms with Crippen molar-refractivity contribution in [3.05, 3.63) is 0 Å². The van der Waals surface area contributed by atoms with Gasteiger partial charge in [0.05, 0.1) is 5.92 Å². The first kappa shape index (κ1) is 16.4. The average molecular weight is 333 g/mol. The van der Waals surface area contributed by atoms with Gasteiger partial charge in [0.1, 0.15) is 0 Å². The van der Waals surface area contributed by atoms with Crippen LogP contribution < -0.4 is 0 Å². The Morgan fingerprint density at radius 3 is 2.58 bits per heavy atom. The molecule has 5 nitrogen and oxygen atoms in total. The molecule has 1 aliphatic carbocycles. The minimum absolute atomic E-state index is 0.0895. The van der Waals surface area contributed by atoms with E-state index < -0.39 is 0 Å². The highest BCUT2D eigenvalue weighted by Gasteiger charge is 2.44. The number of hydrogen-bond acceptors (Lipinski definition) is 3. The van der Waals surface area contributed by atoms with Crippen LogP contribution in [0.15, 0.2) is 0 Å². The first-order valence-corrected chi connectivity index (χ1v) is 9.99. The molecule has 4 fully saturated rings. The molecule has 4 aliphatic rings. The van der Waals surface area contributed by atoms with Crippen LogP contribution >= 0.6 is 0 Å². The zero-order valence-electron chi connectivity index (χ0n) is 15.0. The molecule has 5 heteroatoms. The molecule has 3 atom stereocenters. The van der Waals surface area contributed by atoms with E-state index in [-0.39, 0.29) is 17.7 Å². The van der Waals surface area contributed by atoms with Crippen molar-refractivity contribution in [3.63, 3.8) is 0 Å². The highest BCUT2D eigenvalue weighted by molar-refractivity contribution is 5.89. The molecule has 0 aromatic carbocycles. The van der Waals surface area contributed by atoms with Gasteiger partial charge in [-0.3, -0.25) is 14.5 Å². The molecular formula is C19H31N3O2. The van der Waals surface area contributed by atoms with Crippen LogP contribution in [0.2, 0.25) is 0 Å². The van der Waals surface area contributed by atoms with Crippen molar-refractivity contribution in [3.8, 4) is 0 Å². The molecule has 134 valence electrons. The summed E-state index contributed by atoms with van der Waals surface area (Å²) in [6, 6.07) is 0.925. The Hall–Kier alpha value is -1.10. The second-order valence-corrected chi connectivity index (χ2v) is 8.22. The Morgan fingerprint density at radius 2 is 1.83 bits per heavy atom. The van der Waals surface area contributed by atoms with Crippen molar-refractivity contribution in [1.82, 2.24) is 14.7 Å². The number of likely N-dealkylation sites (N-methyl/N-ethyl adjacent to an activating group) is 1. The van der Waals surface area contributed by atoms with Crippen molar-refractivity contribution in [2.45, 2.75) is 64.0 Å². The topological polar surface area (TPSA) is 43.9 Å². The van der Waals surface area contributed by atoms with Gasteiger partial charge < -0.3 is 9.80 Å². The molecule has 1 saturated carbocycles. The van der Waals surface area contributed by atoms with Crippen LogP contribution in [0.3, 0.4) is 0 Å². The van der Waals surface area contributed by atoms with Gasteiger partial charge in [-0.25, -0.2) is 0 Å². The lowest BCUT2D eigenvalue weighted by atomic mass is 10.0. The summed E-state index contributed by atoms with van der Waals surface area (Å²) in [5, 5.41) is 0. The lowest BCUT2D eigenvalue weighted by molar-refractivity contribution is -0.137. The predicted molar refractivity (Wildman–Crippen MR) is 92.4 cm³/mol. The molecule has 24 heavy (non-hydrogen) atoms. The second kappa shape index (κ2) is 6.66. The first-order chi connectivity index (χ1) is 11.7. The molecule has 3 saturated heterocycles. The molecular weight excluding hydrogens is 302 g/mol. The van der Waals surface area contributed by atoms with Gasteiger partial charge in [0.25, 0.3) is 0 Å². The van der Waals surface area contributed by atoms with Crippen LogP contribution in [-0.2, 0) is 9.59 Å². The monoisotopic (exact) mass is 333 g/mol. The average Bonchev–Trinajstić information content (AvgIpc) is 2.99. The van der Waals surface area contributed by atoms with Crippen LogP contribution in [0.1, 0.15) is 51.9 Å². The summed E-state index contributed by atoms with van der Waals surface area (Å²) in [5.41, 5.74) is 0. The number of carbonyl (C=O) groups excluding carboxylic acids is 2. The maximum atomic E-state index is 13.1. The maximum Gasteiger partial charge on any atom is 0.228 e. The fourth-order valence-corrected chi connectivity index (χ4v) is 5.11. The Labute approximate surface area is 145 Å². The second-order valence-electron chi connectivity index (χ2n) is 8.22. The number of amides is 2. The van der Waals surface area contributed by atoms with Crippen LogP contribution in [0.5, 0.6) is 0 Å². The molecule has 0 N–H and O–H groups in total. The highest BCUT2D eigenvalue weighted by Crippen LogP contribution is 2.34. The third kappa shape index (κ3) is 3.07. The van der Waals surface area contributed by atoms with Gasteiger partial charge in [0.2, 0.25) is 11.8 Å². The summed E-state index contributed by atoms with van der Waals surface area (Å²) in [4.78, 5) is 32.0. The summed E-state index contributed by atoms with van der Waals surface area (Å²) >= 11 is 0. The van der Waals surface area contributed by atoms with Gasteiger partial charge in [-0.05, 0) is 57.5 Å². The standard InChI is InChI=1S/C19H31N3O2/c1-2-20-9-3-5-16(20)17-6-4-10-22(17)19(24)15-11-18(23)21(13-15)12-14-7-8-14/h14-17H,2-13H2,1H3. The Kier molecular flexibility index (Phi) is 4.54. The molecule has 0 aromatic rings. The summed E-state index contributed by atoms with van der Waals surface area (Å²) in [7, 11) is 0. The molecule has 3 aliphatic heterocycles. The maximum absolute atomic E-state index is 13.1. The number of carbonyl (C=O) groups is 2. The van der Waals surface area contributed by atoms with Crippen LogP contribution in [0, 0.1) is 11.8 Å². The van der Waals surface area contributed by atoms with E-state index in [1.165, 1.54) is 32.2 Å². The van der Waals surface area contributed by atoms with Crippen molar-refractivity contribution in [2.75, 3.05) is 32.7 Å². The number of rotatable bonds is 5. The Morgan fingerprint density at radius 1 is 1.08 bits per heavy atom. The van der Waals surface area contributed by atoms with E-state index in [4.69, 9.17) is 0 Å². The van der Waals surface area contributed by atoms with Crippen LogP contribution in [0.25, 0.3) is 0 Å². The molecule has 3 heterocycles. The summed E-state index contributed by atoms with van der Waals surface area (Å²) in [5.74, 6) is 1.08. The summed E-state index contributed by atoms with van der Waals surface area (Å²) in [6.45, 7) is 6.94. The Bertz CT molecular complexity index is 505. The van der Waals surface area contributed by atoms with Crippen LogP contribution in [-0.4, -0.2) is 71.3 Å². The smallest absolute Gasteiger partial charge is 0.228 e. The normalized spacial score (nSPS) is 34.5. The Balaban J connectivity index is 1.40. The van der Waals surface area contributed by atoms with E-state index in [2.05, 4.69) is 16.7 Å². The minimum Gasteiger partial charge on any atom is -0.342 e. The molecule has 0 radical (unpaired) electrons. The van der Waals surface area contributed by atoms with Crippen molar-refractivity contribution in [2.24, 2.45) is 11.8 Å². The zero-order chi connectivity index (χ0) is 16.7. The van der Waals surface area contributed by atoms with Crippen molar-refractivity contribution in [1.29, 1.82) is 0 Å². The van der Waals surface area contributed by atoms with E-state index in [0.29, 0.717) is 31.0 Å². The summed E-state index contributed by atoms with van der Waals surface area (Å²) < 4.78 is 0. The van der Waals surface area contributed by atoms with E-state index >= 15 is 0 Å². The first-order valence-electron chi connectivity index (χ1n) is 9.99. The molecule has 0 aromatic heterocycles. The van der Waals surface area contributed by atoms with Gasteiger partial charge in [-0.2, -0.15) is 0 Å². The number of nitrogens with zero attached hydrogens (tertiary/aromatic N) is 3. The molecule has 2 amide bonds. The predicted octanol–water partition coefficient (Wildman–Crippen LogP) is 1.72. The fraction of sp³-hybridized carbons (Fsp3) is 0.895. The van der Waals surface area contributed by atoms with E-state index in [0.717, 1.165) is 32.5 Å². The molecule has 0 spiro atoms. The van der Waals surface area contributed by atoms with Gasteiger partial charge >= 0.3 is 0 Å². The fourth-order valence-electron chi connectivity index (χ4n) is 5.11. The SMILES string of the molecule is CCN1CCCC1C1CCCN1C(=O)C1CC(=O)N(CC2CC2)C1. The molecule has 0 bridgehead atoms. The van der Waals surface area contributed by atoms with Gasteiger partial charge in [-0.1, -0.05) is 6.92 Å². The van der Waals surface area contributed by atoms with E-state index in [1.807, 2.05) is 4.90 Å². The lowest BCUT2D eigenvalue weighted by Crippen LogP contribution is -2.50. The summed E-state index contributed by atoms with van der Waals surface area (Å²) in [6.07, 6.45) is 7.69. The number of hydrogen-bond donors (Lipinski definition) is 0. The van der Waals surface area contributed by atoms with Crippen LogP contribution in [0.4, 0.5) is 0 Å². The third-order valence-electron chi connectivity index (χ3n) is 6.59. The zero-order valence-corrected chi connectivity index (χ0v) is 15.0. The van der Waals surface area contributed by atoms with Gasteiger partial charge in [0.15, 0.2) is 0 Å².